The molecule has 98 valence electrons. The van der Waals surface area contributed by atoms with E-state index >= 15 is 0 Å². The molecule has 1 aliphatic rings. The summed E-state index contributed by atoms with van der Waals surface area (Å²) < 4.78 is 0. The van der Waals surface area contributed by atoms with Gasteiger partial charge in [-0.25, -0.2) is 0 Å². The third-order valence-electron chi connectivity index (χ3n) is 3.51. The van der Waals surface area contributed by atoms with Crippen molar-refractivity contribution in [2.24, 2.45) is 11.7 Å². The molecule has 2 atom stereocenters. The molecular weight excluding hydrogens is 226 g/mol. The molecule has 0 bridgehead atoms. The minimum Gasteiger partial charge on any atom is -0.385 e. The number of rotatable bonds is 3. The summed E-state index contributed by atoms with van der Waals surface area (Å²) in [5, 5.41) is 6.28. The average Bonchev–Trinajstić information content (AvgIpc) is 2.37. The van der Waals surface area contributed by atoms with E-state index in [1.807, 2.05) is 32.0 Å². The first kappa shape index (κ1) is 12.9. The number of hydrogen-bond acceptors (Lipinski definition) is 3. The highest BCUT2D eigenvalue weighted by Gasteiger charge is 2.17. The van der Waals surface area contributed by atoms with Gasteiger partial charge in [-0.3, -0.25) is 4.79 Å². The van der Waals surface area contributed by atoms with Crippen LogP contribution in [0.1, 0.15) is 25.8 Å². The largest absolute Gasteiger partial charge is 0.385 e. The normalized spacial score (nSPS) is 17.3. The SMILES string of the molecule is CC(N)C(C)C(=O)Nc1ccc2c(c1)CCCN2. The van der Waals surface area contributed by atoms with E-state index in [1.54, 1.807) is 0 Å². The molecule has 0 saturated carbocycles. The van der Waals surface area contributed by atoms with E-state index in [4.69, 9.17) is 5.73 Å². The lowest BCUT2D eigenvalue weighted by Gasteiger charge is -2.20. The molecule has 0 fully saturated rings. The summed E-state index contributed by atoms with van der Waals surface area (Å²) >= 11 is 0. The van der Waals surface area contributed by atoms with Crippen molar-refractivity contribution in [1.82, 2.24) is 0 Å². The molecule has 0 aliphatic carbocycles. The Kier molecular flexibility index (Phi) is 3.87. The molecule has 4 heteroatoms. The maximum Gasteiger partial charge on any atom is 0.228 e. The van der Waals surface area contributed by atoms with Crippen LogP contribution in [0.5, 0.6) is 0 Å². The zero-order valence-electron chi connectivity index (χ0n) is 11.0. The molecule has 0 saturated heterocycles. The standard InChI is InChI=1S/C14H21N3O/c1-9(10(2)15)14(18)17-12-5-6-13-11(8-12)4-3-7-16-13/h5-6,8-10,16H,3-4,7,15H2,1-2H3,(H,17,18). The number of nitrogens with two attached hydrogens (primary N) is 1. The van der Waals surface area contributed by atoms with E-state index in [0.717, 1.165) is 25.1 Å². The van der Waals surface area contributed by atoms with Crippen molar-refractivity contribution < 1.29 is 4.79 Å². The summed E-state index contributed by atoms with van der Waals surface area (Å²) in [5.41, 5.74) is 9.04. The van der Waals surface area contributed by atoms with Crippen molar-refractivity contribution >= 4 is 17.3 Å². The van der Waals surface area contributed by atoms with Crippen LogP contribution in [0.15, 0.2) is 18.2 Å². The van der Waals surface area contributed by atoms with Crippen LogP contribution in [0.3, 0.4) is 0 Å². The van der Waals surface area contributed by atoms with Gasteiger partial charge in [-0.15, -0.1) is 0 Å². The van der Waals surface area contributed by atoms with E-state index in [0.29, 0.717) is 0 Å². The summed E-state index contributed by atoms with van der Waals surface area (Å²) in [6, 6.07) is 5.88. The van der Waals surface area contributed by atoms with E-state index in [1.165, 1.54) is 11.3 Å². The summed E-state index contributed by atoms with van der Waals surface area (Å²) in [6.07, 6.45) is 2.20. The molecule has 1 heterocycles. The molecule has 1 amide bonds. The Balaban J connectivity index is 2.08. The molecule has 4 N–H and O–H groups in total. The minimum absolute atomic E-state index is 0.0197. The molecule has 2 unspecified atom stereocenters. The van der Waals surface area contributed by atoms with Gasteiger partial charge in [-0.2, -0.15) is 0 Å². The first-order chi connectivity index (χ1) is 8.58. The molecular formula is C14H21N3O. The Morgan fingerprint density at radius 1 is 1.44 bits per heavy atom. The summed E-state index contributed by atoms with van der Waals surface area (Å²) in [4.78, 5) is 11.9. The van der Waals surface area contributed by atoms with Crippen molar-refractivity contribution in [3.05, 3.63) is 23.8 Å². The van der Waals surface area contributed by atoms with Gasteiger partial charge in [0.2, 0.25) is 5.91 Å². The highest BCUT2D eigenvalue weighted by atomic mass is 16.1. The second-order valence-corrected chi connectivity index (χ2v) is 5.04. The Bertz CT molecular complexity index is 443. The number of fused-ring (bicyclic) bond motifs is 1. The smallest absolute Gasteiger partial charge is 0.228 e. The monoisotopic (exact) mass is 247 g/mol. The highest BCUT2D eigenvalue weighted by molar-refractivity contribution is 5.93. The maximum absolute atomic E-state index is 11.9. The van der Waals surface area contributed by atoms with Crippen molar-refractivity contribution in [1.29, 1.82) is 0 Å². The molecule has 1 aliphatic heterocycles. The number of benzene rings is 1. The van der Waals surface area contributed by atoms with E-state index in [-0.39, 0.29) is 17.9 Å². The molecule has 0 aromatic heterocycles. The Morgan fingerprint density at radius 3 is 2.94 bits per heavy atom. The Labute approximate surface area is 108 Å². The first-order valence-electron chi connectivity index (χ1n) is 6.51. The van der Waals surface area contributed by atoms with Crippen LogP contribution in [0.4, 0.5) is 11.4 Å². The molecule has 0 spiro atoms. The van der Waals surface area contributed by atoms with Gasteiger partial charge in [-0.1, -0.05) is 6.92 Å². The number of amides is 1. The van der Waals surface area contributed by atoms with Gasteiger partial charge in [-0.05, 0) is 43.5 Å². The fourth-order valence-corrected chi connectivity index (χ4v) is 2.05. The van der Waals surface area contributed by atoms with Crippen LogP contribution in [-0.4, -0.2) is 18.5 Å². The molecule has 1 aromatic carbocycles. The second kappa shape index (κ2) is 5.40. The van der Waals surface area contributed by atoms with Crippen molar-refractivity contribution in [3.8, 4) is 0 Å². The summed E-state index contributed by atoms with van der Waals surface area (Å²) in [7, 11) is 0. The minimum atomic E-state index is -0.181. The number of anilines is 2. The van der Waals surface area contributed by atoms with E-state index < -0.39 is 0 Å². The first-order valence-corrected chi connectivity index (χ1v) is 6.51. The predicted molar refractivity (Wildman–Crippen MR) is 74.7 cm³/mol. The van der Waals surface area contributed by atoms with Crippen molar-refractivity contribution in [2.45, 2.75) is 32.7 Å². The number of carbonyl (C=O) groups excluding carboxylic acids is 1. The quantitative estimate of drug-likeness (QED) is 0.765. The molecule has 2 rings (SSSR count). The van der Waals surface area contributed by atoms with Crippen LogP contribution in [-0.2, 0) is 11.2 Å². The van der Waals surface area contributed by atoms with Gasteiger partial charge in [0.05, 0.1) is 5.92 Å². The van der Waals surface area contributed by atoms with Crippen LogP contribution in [0, 0.1) is 5.92 Å². The van der Waals surface area contributed by atoms with Crippen molar-refractivity contribution in [3.63, 3.8) is 0 Å². The number of aryl methyl sites for hydroxylation is 1. The Hall–Kier alpha value is -1.55. The third kappa shape index (κ3) is 2.82. The van der Waals surface area contributed by atoms with Gasteiger partial charge >= 0.3 is 0 Å². The zero-order chi connectivity index (χ0) is 13.1. The van der Waals surface area contributed by atoms with E-state index in [2.05, 4.69) is 10.6 Å². The number of carbonyl (C=O) groups is 1. The summed E-state index contributed by atoms with van der Waals surface area (Å²) in [6.45, 7) is 4.72. The fourth-order valence-electron chi connectivity index (χ4n) is 2.05. The van der Waals surface area contributed by atoms with Gasteiger partial charge < -0.3 is 16.4 Å². The Morgan fingerprint density at radius 2 is 2.22 bits per heavy atom. The average molecular weight is 247 g/mol. The lowest BCUT2D eigenvalue weighted by Crippen LogP contribution is -2.34. The molecule has 0 radical (unpaired) electrons. The molecule has 1 aromatic rings. The molecule has 18 heavy (non-hydrogen) atoms. The fraction of sp³-hybridized carbons (Fsp3) is 0.500. The predicted octanol–water partition coefficient (Wildman–Crippen LogP) is 1.97. The van der Waals surface area contributed by atoms with Crippen LogP contribution >= 0.6 is 0 Å². The summed E-state index contributed by atoms with van der Waals surface area (Å²) in [5.74, 6) is -0.201. The van der Waals surface area contributed by atoms with Gasteiger partial charge in [0, 0.05) is 24.0 Å². The van der Waals surface area contributed by atoms with Gasteiger partial charge in [0.1, 0.15) is 0 Å². The van der Waals surface area contributed by atoms with Crippen LogP contribution in [0.25, 0.3) is 0 Å². The second-order valence-electron chi connectivity index (χ2n) is 5.04. The van der Waals surface area contributed by atoms with Crippen LogP contribution in [0.2, 0.25) is 0 Å². The van der Waals surface area contributed by atoms with Gasteiger partial charge in [0.25, 0.3) is 0 Å². The lowest BCUT2D eigenvalue weighted by molar-refractivity contribution is -0.119. The lowest BCUT2D eigenvalue weighted by atomic mass is 10.0. The van der Waals surface area contributed by atoms with Crippen molar-refractivity contribution in [2.75, 3.05) is 17.2 Å². The van der Waals surface area contributed by atoms with Crippen LogP contribution < -0.4 is 16.4 Å². The highest BCUT2D eigenvalue weighted by Crippen LogP contribution is 2.25. The third-order valence-corrected chi connectivity index (χ3v) is 3.51. The number of nitrogens with one attached hydrogen (secondary N) is 2. The zero-order valence-corrected chi connectivity index (χ0v) is 11.0. The van der Waals surface area contributed by atoms with Gasteiger partial charge in [0.15, 0.2) is 0 Å². The maximum atomic E-state index is 11.9. The number of hydrogen-bond donors (Lipinski definition) is 3. The van der Waals surface area contributed by atoms with E-state index in [9.17, 15) is 4.79 Å². The topological polar surface area (TPSA) is 67.2 Å². The molecule has 4 nitrogen and oxygen atoms in total.